The van der Waals surface area contributed by atoms with Gasteiger partial charge in [0.1, 0.15) is 0 Å². The van der Waals surface area contributed by atoms with Gasteiger partial charge in [0.05, 0.1) is 0 Å². The van der Waals surface area contributed by atoms with Gasteiger partial charge in [0.2, 0.25) is 0 Å². The molecular weight excluding hydrogens is 284 g/mol. The molecule has 0 spiro atoms. The lowest BCUT2D eigenvalue weighted by atomic mass is 9.77. The summed E-state index contributed by atoms with van der Waals surface area (Å²) in [5.74, 6) is 0. The smallest absolute Gasteiger partial charge is 0.0203 e. The molecule has 22 heavy (non-hydrogen) atoms. The minimum atomic E-state index is -0.0181. The van der Waals surface area contributed by atoms with Crippen LogP contribution in [-0.2, 0) is 10.8 Å². The highest BCUT2D eigenvalue weighted by Crippen LogP contribution is 2.34. The molecule has 0 fully saturated rings. The van der Waals surface area contributed by atoms with E-state index in [9.17, 15) is 0 Å². The van der Waals surface area contributed by atoms with Crippen molar-refractivity contribution in [2.45, 2.75) is 50.3 Å². The van der Waals surface area contributed by atoms with Crippen molar-refractivity contribution < 1.29 is 0 Å². The van der Waals surface area contributed by atoms with Crippen molar-refractivity contribution in [2.24, 2.45) is 0 Å². The first-order valence-corrected chi connectivity index (χ1v) is 8.41. The summed E-state index contributed by atoms with van der Waals surface area (Å²) in [6.45, 7) is 11.3. The Hall–Kier alpha value is -1.65. The molecule has 0 aliphatic carbocycles. The van der Waals surface area contributed by atoms with Crippen molar-refractivity contribution in [3.8, 4) is 11.7 Å². The second kappa shape index (κ2) is 6.23. The van der Waals surface area contributed by atoms with Crippen LogP contribution in [0.25, 0.3) is 0 Å². The van der Waals surface area contributed by atoms with Gasteiger partial charge in [-0.1, -0.05) is 71.0 Å². The Morgan fingerprint density at radius 1 is 0.727 bits per heavy atom. The van der Waals surface area contributed by atoms with Gasteiger partial charge in [-0.3, -0.25) is 0 Å². The number of rotatable bonds is 3. The number of terminal acetylenes is 1. The average molecular weight is 308 g/mol. The lowest BCUT2D eigenvalue weighted by molar-refractivity contribution is 0.587. The third kappa shape index (κ3) is 3.57. The molecular formula is C21H24S. The fourth-order valence-corrected chi connectivity index (χ4v) is 2.97. The zero-order chi connectivity index (χ0) is 16.4. The molecule has 0 aromatic heterocycles. The SMILES string of the molecule is C#CSc1ccc(C(C)(C)c2ccc(C(C)(C)C)cc2)cc1. The number of thioether (sulfide) groups is 1. The fourth-order valence-electron chi connectivity index (χ4n) is 2.56. The van der Waals surface area contributed by atoms with Gasteiger partial charge in [-0.2, -0.15) is 0 Å². The fraction of sp³-hybridized carbons (Fsp3) is 0.333. The lowest BCUT2D eigenvalue weighted by Gasteiger charge is -2.27. The topological polar surface area (TPSA) is 0 Å². The summed E-state index contributed by atoms with van der Waals surface area (Å²) in [6, 6.07) is 17.6. The Morgan fingerprint density at radius 3 is 1.55 bits per heavy atom. The molecule has 1 heteroatoms. The van der Waals surface area contributed by atoms with Crippen LogP contribution < -0.4 is 0 Å². The molecule has 0 bridgehead atoms. The summed E-state index contributed by atoms with van der Waals surface area (Å²) >= 11 is 1.42. The summed E-state index contributed by atoms with van der Waals surface area (Å²) in [7, 11) is 0. The summed E-state index contributed by atoms with van der Waals surface area (Å²) in [5, 5.41) is 2.61. The van der Waals surface area contributed by atoms with E-state index in [1.807, 2.05) is 0 Å². The summed E-state index contributed by atoms with van der Waals surface area (Å²) in [5.41, 5.74) is 4.18. The van der Waals surface area contributed by atoms with Gasteiger partial charge in [-0.05, 0) is 51.3 Å². The van der Waals surface area contributed by atoms with Crippen molar-refractivity contribution in [3.05, 3.63) is 65.2 Å². The maximum atomic E-state index is 5.34. The summed E-state index contributed by atoms with van der Waals surface area (Å²) < 4.78 is 0. The highest BCUT2D eigenvalue weighted by atomic mass is 32.2. The van der Waals surface area contributed by atoms with E-state index in [-0.39, 0.29) is 10.8 Å². The molecule has 0 aliphatic rings. The first-order valence-electron chi connectivity index (χ1n) is 7.59. The van der Waals surface area contributed by atoms with Crippen LogP contribution >= 0.6 is 11.8 Å². The molecule has 0 atom stereocenters. The molecule has 0 amide bonds. The molecule has 2 rings (SSSR count). The van der Waals surface area contributed by atoms with Crippen molar-refractivity contribution in [1.82, 2.24) is 0 Å². The van der Waals surface area contributed by atoms with Gasteiger partial charge in [0, 0.05) is 10.3 Å². The van der Waals surface area contributed by atoms with Gasteiger partial charge in [0.15, 0.2) is 0 Å². The number of hydrogen-bond donors (Lipinski definition) is 0. The zero-order valence-electron chi connectivity index (χ0n) is 14.1. The molecule has 0 saturated carbocycles. The van der Waals surface area contributed by atoms with Crippen LogP contribution in [0.2, 0.25) is 0 Å². The molecule has 2 aromatic rings. The van der Waals surface area contributed by atoms with E-state index in [1.165, 1.54) is 28.5 Å². The van der Waals surface area contributed by atoms with Crippen molar-refractivity contribution >= 4 is 11.8 Å². The third-order valence-electron chi connectivity index (χ3n) is 4.23. The highest BCUT2D eigenvalue weighted by molar-refractivity contribution is 8.03. The van der Waals surface area contributed by atoms with E-state index in [1.54, 1.807) is 0 Å². The maximum Gasteiger partial charge on any atom is 0.0203 e. The normalized spacial score (nSPS) is 12.0. The average Bonchev–Trinajstić information content (AvgIpc) is 2.47. The van der Waals surface area contributed by atoms with Crippen LogP contribution in [0.3, 0.4) is 0 Å². The van der Waals surface area contributed by atoms with Crippen molar-refractivity contribution in [2.75, 3.05) is 0 Å². The summed E-state index contributed by atoms with van der Waals surface area (Å²) in [4.78, 5) is 1.12. The highest BCUT2D eigenvalue weighted by Gasteiger charge is 2.23. The van der Waals surface area contributed by atoms with Gasteiger partial charge in [-0.25, -0.2) is 0 Å². The van der Waals surface area contributed by atoms with E-state index in [2.05, 4.69) is 88.4 Å². The third-order valence-corrected chi connectivity index (χ3v) is 4.85. The molecule has 0 unspecified atom stereocenters. The van der Waals surface area contributed by atoms with Crippen LogP contribution in [-0.4, -0.2) is 0 Å². The van der Waals surface area contributed by atoms with Crippen LogP contribution in [0.5, 0.6) is 0 Å². The van der Waals surface area contributed by atoms with Crippen molar-refractivity contribution in [3.63, 3.8) is 0 Å². The van der Waals surface area contributed by atoms with Crippen LogP contribution in [0.15, 0.2) is 53.4 Å². The van der Waals surface area contributed by atoms with Crippen LogP contribution in [0.4, 0.5) is 0 Å². The molecule has 0 radical (unpaired) electrons. The Labute approximate surface area is 139 Å². The quantitative estimate of drug-likeness (QED) is 0.495. The Balaban J connectivity index is 2.31. The monoisotopic (exact) mass is 308 g/mol. The van der Waals surface area contributed by atoms with E-state index < -0.39 is 0 Å². The predicted molar refractivity (Wildman–Crippen MR) is 98.4 cm³/mol. The largest absolute Gasteiger partial charge is 0.108 e. The predicted octanol–water partition coefficient (Wildman–Crippen LogP) is 5.99. The Bertz CT molecular complexity index is 662. The minimum absolute atomic E-state index is 0.0181. The molecule has 0 nitrogen and oxygen atoms in total. The van der Waals surface area contributed by atoms with E-state index >= 15 is 0 Å². The summed E-state index contributed by atoms with van der Waals surface area (Å²) in [6.07, 6.45) is 5.34. The van der Waals surface area contributed by atoms with Gasteiger partial charge in [0.25, 0.3) is 0 Å². The van der Waals surface area contributed by atoms with Crippen LogP contribution in [0.1, 0.15) is 51.3 Å². The minimum Gasteiger partial charge on any atom is -0.108 e. The lowest BCUT2D eigenvalue weighted by Crippen LogP contribution is -2.19. The van der Waals surface area contributed by atoms with Gasteiger partial charge < -0.3 is 0 Å². The van der Waals surface area contributed by atoms with Gasteiger partial charge in [-0.15, -0.1) is 6.42 Å². The number of hydrogen-bond acceptors (Lipinski definition) is 1. The van der Waals surface area contributed by atoms with Gasteiger partial charge >= 0.3 is 0 Å². The van der Waals surface area contributed by atoms with E-state index in [4.69, 9.17) is 6.42 Å². The standard InChI is InChI=1S/C21H24S/c1-7-22-19-14-12-18(13-15-19)21(5,6)17-10-8-16(9-11-17)20(2,3)4/h1,8-15H,2-6H3. The molecule has 0 N–H and O–H groups in total. The molecule has 2 aromatic carbocycles. The van der Waals surface area contributed by atoms with Crippen molar-refractivity contribution in [1.29, 1.82) is 0 Å². The molecule has 114 valence electrons. The van der Waals surface area contributed by atoms with Crippen LogP contribution in [0, 0.1) is 11.7 Å². The molecule has 0 heterocycles. The molecule has 0 aliphatic heterocycles. The van der Waals surface area contributed by atoms with E-state index in [0.29, 0.717) is 0 Å². The Kier molecular flexibility index (Phi) is 4.73. The Morgan fingerprint density at radius 2 is 1.14 bits per heavy atom. The van der Waals surface area contributed by atoms with E-state index in [0.717, 1.165) is 4.90 Å². The first-order chi connectivity index (χ1) is 10.2. The number of benzene rings is 2. The first kappa shape index (κ1) is 16.7. The zero-order valence-corrected chi connectivity index (χ0v) is 14.9. The second-order valence-electron chi connectivity index (χ2n) is 7.20. The maximum absolute atomic E-state index is 5.34. The molecule has 0 saturated heterocycles. The second-order valence-corrected chi connectivity index (χ2v) is 8.11.